The van der Waals surface area contributed by atoms with Crippen molar-refractivity contribution in [3.63, 3.8) is 0 Å². The van der Waals surface area contributed by atoms with Crippen LogP contribution in [0.2, 0.25) is 0 Å². The van der Waals surface area contributed by atoms with Crippen molar-refractivity contribution in [1.29, 1.82) is 0 Å². The van der Waals surface area contributed by atoms with Crippen molar-refractivity contribution in [2.45, 2.75) is 19.8 Å². The molecule has 1 atom stereocenters. The fourth-order valence-electron chi connectivity index (χ4n) is 3.77. The fourth-order valence-corrected chi connectivity index (χ4v) is 3.77. The Hall–Kier alpha value is -1.92. The molecule has 6 heteroatoms. The topological polar surface area (TPSA) is 64.1 Å². The van der Waals surface area contributed by atoms with Gasteiger partial charge in [0.05, 0.1) is 12.5 Å². The van der Waals surface area contributed by atoms with Crippen LogP contribution in [0.4, 0.5) is 5.69 Å². The molecule has 2 amide bonds. The molecule has 136 valence electrons. The summed E-state index contributed by atoms with van der Waals surface area (Å²) in [6.07, 6.45) is 1.17. The molecular weight excluding hydrogens is 318 g/mol. The number of hydrogen-bond acceptors (Lipinski definition) is 4. The molecule has 1 N–H and O–H groups in total. The summed E-state index contributed by atoms with van der Waals surface area (Å²) in [5.74, 6) is -0.117. The Morgan fingerprint density at radius 1 is 1.20 bits per heavy atom. The molecule has 2 fully saturated rings. The van der Waals surface area contributed by atoms with E-state index in [1.807, 2.05) is 29.2 Å². The molecule has 0 saturated carbocycles. The Labute approximate surface area is 149 Å². The van der Waals surface area contributed by atoms with E-state index in [1.54, 1.807) is 4.90 Å². The molecule has 0 spiro atoms. The summed E-state index contributed by atoms with van der Waals surface area (Å²) in [5, 5.41) is 9.01. The van der Waals surface area contributed by atoms with Crippen LogP contribution in [0.15, 0.2) is 24.3 Å². The molecular formula is C19H27N3O3. The molecule has 25 heavy (non-hydrogen) atoms. The first-order valence-corrected chi connectivity index (χ1v) is 9.14. The highest BCUT2D eigenvalue weighted by Crippen LogP contribution is 2.29. The molecule has 0 aromatic heterocycles. The number of benzene rings is 1. The van der Waals surface area contributed by atoms with Gasteiger partial charge in [-0.15, -0.1) is 0 Å². The lowest BCUT2D eigenvalue weighted by molar-refractivity contribution is -0.137. The number of aliphatic hydroxyl groups excluding tert-OH is 1. The van der Waals surface area contributed by atoms with Crippen molar-refractivity contribution in [1.82, 2.24) is 9.80 Å². The van der Waals surface area contributed by atoms with Crippen LogP contribution >= 0.6 is 0 Å². The quantitative estimate of drug-likeness (QED) is 0.855. The number of nitrogens with zero attached hydrogens (tertiary/aromatic N) is 3. The van der Waals surface area contributed by atoms with Gasteiger partial charge >= 0.3 is 0 Å². The van der Waals surface area contributed by atoms with E-state index < -0.39 is 0 Å². The summed E-state index contributed by atoms with van der Waals surface area (Å²) in [5.41, 5.74) is 2.08. The van der Waals surface area contributed by atoms with E-state index in [-0.39, 0.29) is 24.3 Å². The number of amides is 2. The molecule has 0 aliphatic carbocycles. The second kappa shape index (κ2) is 7.97. The van der Waals surface area contributed by atoms with E-state index in [0.29, 0.717) is 32.6 Å². The maximum absolute atomic E-state index is 12.8. The lowest BCUT2D eigenvalue weighted by atomic mass is 10.1. The van der Waals surface area contributed by atoms with Crippen molar-refractivity contribution in [2.75, 3.05) is 50.8 Å². The summed E-state index contributed by atoms with van der Waals surface area (Å²) in [6, 6.07) is 7.93. The second-order valence-corrected chi connectivity index (χ2v) is 6.78. The Morgan fingerprint density at radius 3 is 2.60 bits per heavy atom. The predicted octanol–water partition coefficient (Wildman–Crippen LogP) is 0.738. The predicted molar refractivity (Wildman–Crippen MR) is 96.4 cm³/mol. The standard InChI is InChI=1S/C19H27N3O3/c1-2-15-5-3-4-6-17(15)22-14-16(13-18(22)24)19(25)21-9-7-20(8-10-21)11-12-23/h3-6,16,23H,2,7-14H2,1H3. The molecule has 0 bridgehead atoms. The summed E-state index contributed by atoms with van der Waals surface area (Å²) in [6.45, 7) is 6.29. The van der Waals surface area contributed by atoms with Crippen LogP contribution in [0, 0.1) is 5.92 Å². The maximum atomic E-state index is 12.8. The number of aryl methyl sites for hydroxylation is 1. The molecule has 1 aromatic carbocycles. The molecule has 3 rings (SSSR count). The van der Waals surface area contributed by atoms with Gasteiger partial charge < -0.3 is 14.9 Å². The average molecular weight is 345 g/mol. The van der Waals surface area contributed by atoms with E-state index in [2.05, 4.69) is 11.8 Å². The lowest BCUT2D eigenvalue weighted by Crippen LogP contribution is -2.51. The third kappa shape index (κ3) is 3.85. The minimum Gasteiger partial charge on any atom is -0.395 e. The van der Waals surface area contributed by atoms with Gasteiger partial charge in [0.25, 0.3) is 0 Å². The largest absolute Gasteiger partial charge is 0.395 e. The second-order valence-electron chi connectivity index (χ2n) is 6.78. The third-order valence-electron chi connectivity index (χ3n) is 5.24. The van der Waals surface area contributed by atoms with E-state index >= 15 is 0 Å². The first-order chi connectivity index (χ1) is 12.1. The smallest absolute Gasteiger partial charge is 0.228 e. The van der Waals surface area contributed by atoms with Crippen LogP contribution in [0.3, 0.4) is 0 Å². The first kappa shape index (κ1) is 17.9. The number of carbonyl (C=O) groups excluding carboxylic acids is 2. The summed E-state index contributed by atoms with van der Waals surface area (Å²) in [4.78, 5) is 31.1. The normalized spacial score (nSPS) is 21.8. The highest BCUT2D eigenvalue weighted by Gasteiger charge is 2.38. The number of hydrogen-bond donors (Lipinski definition) is 1. The molecule has 1 aromatic rings. The summed E-state index contributed by atoms with van der Waals surface area (Å²) in [7, 11) is 0. The van der Waals surface area contributed by atoms with Gasteiger partial charge in [-0.2, -0.15) is 0 Å². The van der Waals surface area contributed by atoms with Gasteiger partial charge in [-0.3, -0.25) is 14.5 Å². The van der Waals surface area contributed by atoms with Gasteiger partial charge in [-0.05, 0) is 18.1 Å². The number of β-amino-alcohol motifs (C(OH)–C–C–N with tert-alkyl or cyclic N) is 1. The van der Waals surface area contributed by atoms with E-state index in [1.165, 1.54) is 0 Å². The number of para-hydroxylation sites is 1. The summed E-state index contributed by atoms with van der Waals surface area (Å²) >= 11 is 0. The van der Waals surface area contributed by atoms with Crippen LogP contribution in [0.5, 0.6) is 0 Å². The van der Waals surface area contributed by atoms with E-state index in [0.717, 1.165) is 30.8 Å². The number of aliphatic hydroxyl groups is 1. The van der Waals surface area contributed by atoms with Gasteiger partial charge in [0.2, 0.25) is 11.8 Å². The van der Waals surface area contributed by atoms with Gasteiger partial charge in [-0.1, -0.05) is 25.1 Å². The van der Waals surface area contributed by atoms with Crippen LogP contribution in [0.1, 0.15) is 18.9 Å². The number of carbonyl (C=O) groups is 2. The Kier molecular flexibility index (Phi) is 5.71. The molecule has 0 radical (unpaired) electrons. The zero-order valence-corrected chi connectivity index (χ0v) is 14.9. The van der Waals surface area contributed by atoms with Gasteiger partial charge in [0.15, 0.2) is 0 Å². The number of piperazine rings is 1. The zero-order valence-electron chi connectivity index (χ0n) is 14.9. The lowest BCUT2D eigenvalue weighted by Gasteiger charge is -2.35. The Bertz CT molecular complexity index is 626. The Balaban J connectivity index is 1.63. The first-order valence-electron chi connectivity index (χ1n) is 9.14. The van der Waals surface area contributed by atoms with Crippen molar-refractivity contribution in [3.05, 3.63) is 29.8 Å². The third-order valence-corrected chi connectivity index (χ3v) is 5.24. The van der Waals surface area contributed by atoms with E-state index in [4.69, 9.17) is 5.11 Å². The number of rotatable bonds is 5. The zero-order chi connectivity index (χ0) is 17.8. The molecule has 2 heterocycles. The summed E-state index contributed by atoms with van der Waals surface area (Å²) < 4.78 is 0. The van der Waals surface area contributed by atoms with E-state index in [9.17, 15) is 9.59 Å². The SMILES string of the molecule is CCc1ccccc1N1CC(C(=O)N2CCN(CCO)CC2)CC1=O. The van der Waals surface area contributed by atoms with Crippen molar-refractivity contribution < 1.29 is 14.7 Å². The van der Waals surface area contributed by atoms with Crippen LogP contribution < -0.4 is 4.90 Å². The van der Waals surface area contributed by atoms with Crippen molar-refractivity contribution in [2.24, 2.45) is 5.92 Å². The highest BCUT2D eigenvalue weighted by atomic mass is 16.3. The minimum atomic E-state index is -0.248. The highest BCUT2D eigenvalue weighted by molar-refractivity contribution is 6.00. The maximum Gasteiger partial charge on any atom is 0.228 e. The van der Waals surface area contributed by atoms with Gasteiger partial charge in [0, 0.05) is 51.4 Å². The van der Waals surface area contributed by atoms with Crippen LogP contribution in [-0.4, -0.2) is 72.6 Å². The monoisotopic (exact) mass is 345 g/mol. The fraction of sp³-hybridized carbons (Fsp3) is 0.579. The van der Waals surface area contributed by atoms with Crippen molar-refractivity contribution in [3.8, 4) is 0 Å². The van der Waals surface area contributed by atoms with Gasteiger partial charge in [-0.25, -0.2) is 0 Å². The molecule has 2 aliphatic rings. The van der Waals surface area contributed by atoms with Crippen LogP contribution in [0.25, 0.3) is 0 Å². The van der Waals surface area contributed by atoms with Gasteiger partial charge in [0.1, 0.15) is 0 Å². The molecule has 2 aliphatic heterocycles. The van der Waals surface area contributed by atoms with Crippen molar-refractivity contribution >= 4 is 17.5 Å². The average Bonchev–Trinajstić information content (AvgIpc) is 3.03. The molecule has 1 unspecified atom stereocenters. The number of anilines is 1. The molecule has 6 nitrogen and oxygen atoms in total. The Morgan fingerprint density at radius 2 is 1.92 bits per heavy atom. The van der Waals surface area contributed by atoms with Crippen LogP contribution in [-0.2, 0) is 16.0 Å². The molecule has 2 saturated heterocycles. The minimum absolute atomic E-state index is 0.0400.